The number of unbranched alkanes of at least 4 members (excludes halogenated alkanes) is 2. The summed E-state index contributed by atoms with van der Waals surface area (Å²) >= 11 is 0. The molecule has 0 aliphatic carbocycles. The van der Waals surface area contributed by atoms with E-state index in [1.54, 1.807) is 62.1 Å². The van der Waals surface area contributed by atoms with Crippen molar-refractivity contribution >= 4 is 125 Å². The lowest BCUT2D eigenvalue weighted by atomic mass is 9.75. The van der Waals surface area contributed by atoms with Crippen LogP contribution in [0.1, 0.15) is 154 Å². The van der Waals surface area contributed by atoms with Gasteiger partial charge in [0, 0.05) is 103 Å². The van der Waals surface area contributed by atoms with Gasteiger partial charge >= 0.3 is 5.97 Å². The Morgan fingerprint density at radius 1 is 0.667 bits per heavy atom. The topological polar surface area (TPSA) is 432 Å². The number of carbonyl (C=O) groups excluding carboxylic acids is 6. The number of hydrogen-bond donors (Lipinski definition) is 7. The molecular weight excluding hydrogens is 1350 g/mol. The molecule has 0 radical (unpaired) electrons. The minimum atomic E-state index is -5.31. The van der Waals surface area contributed by atoms with Crippen LogP contribution in [0.2, 0.25) is 0 Å². The standard InChI is InChI=1S/C63H78N6O22S5/c1-62(2)52-20-8-4-9-21-53-63(3,60-46-38-42(94(82,83)84)40-51(96(88,89)90)44(46)26-28-49(60)68(53)35-18-36-92(76,77)78)31-14-5-10-22-54(70)64-32-16-13-19-47(61(75)65-33-15-6-12-24-58(74)91-69-56(72)29-30-57(69)73)66-55(71)23-11-7-17-34-67(52)48-27-25-43-45(59(48)62)37-41(93(79,80)81)39-50(43)95(85,86)87/h4,8-9,20-21,25-28,37-40,47H,5-7,10-19,22-24,29-36H2,1-3H3,(H7-,64,65,66,70,71,75,76,77,78,79,80,81,82,83,84,85,86,87,88,89,90). The highest BCUT2D eigenvalue weighted by molar-refractivity contribution is 7.87. The van der Waals surface area contributed by atoms with E-state index in [2.05, 4.69) is 16.0 Å². The van der Waals surface area contributed by atoms with Crippen LogP contribution in [0.15, 0.2) is 104 Å². The van der Waals surface area contributed by atoms with E-state index < -0.39 is 122 Å². The van der Waals surface area contributed by atoms with Crippen molar-refractivity contribution in [2.75, 3.05) is 36.8 Å². The fourth-order valence-corrected chi connectivity index (χ4v) is 16.2. The number of hydroxylamine groups is 2. The first-order valence-corrected chi connectivity index (χ1v) is 38.7. The van der Waals surface area contributed by atoms with E-state index in [1.807, 2.05) is 4.58 Å². The van der Waals surface area contributed by atoms with E-state index in [1.165, 1.54) is 18.2 Å². The van der Waals surface area contributed by atoms with E-state index in [9.17, 15) is 93.6 Å². The lowest BCUT2D eigenvalue weighted by Gasteiger charge is -2.31. The Balaban J connectivity index is 1.14. The molecule has 4 aliphatic rings. The SMILES string of the molecule is CC1(C)C2=[N+](CCCCCC(=O)NC(C(=O)NCCCCCC(=O)ON3C(=O)CCC3=O)CCCCNC(=O)CCCCCC3(C)/C(=C/C=C/C=C/2)N(CCCS(=O)(=O)O)c2ccc4c(S(=O)(=O)O)cc(S(=O)(=O)O)cc4c23)c2ccc3c(S(=O)(=O)O)cc(S(=O)(=O)[O-])cc3c21. The van der Waals surface area contributed by atoms with Gasteiger partial charge in [-0.25, -0.2) is 13.2 Å². The summed E-state index contributed by atoms with van der Waals surface area (Å²) < 4.78 is 182. The molecule has 8 rings (SSSR count). The maximum atomic E-state index is 13.7. The summed E-state index contributed by atoms with van der Waals surface area (Å²) in [5.41, 5.74) is 0.301. The van der Waals surface area contributed by atoms with Gasteiger partial charge in [-0.3, -0.25) is 42.2 Å². The number of carbonyl (C=O) groups is 6. The Hall–Kier alpha value is -7.34. The van der Waals surface area contributed by atoms with Crippen LogP contribution < -0.4 is 20.9 Å². The Kier molecular flexibility index (Phi) is 23.4. The molecule has 28 nitrogen and oxygen atoms in total. The second kappa shape index (κ2) is 30.2. The lowest BCUT2D eigenvalue weighted by molar-refractivity contribution is -0.438. The molecule has 0 spiro atoms. The van der Waals surface area contributed by atoms with Crippen LogP contribution in [0.4, 0.5) is 11.4 Å². The summed E-state index contributed by atoms with van der Waals surface area (Å²) in [7, 11) is -25.2. The quantitative estimate of drug-likeness (QED) is 0.0267. The molecule has 0 saturated carbocycles. The Morgan fingerprint density at radius 3 is 1.94 bits per heavy atom. The van der Waals surface area contributed by atoms with Gasteiger partial charge in [0.15, 0.2) is 5.71 Å². The van der Waals surface area contributed by atoms with Crippen molar-refractivity contribution in [1.82, 2.24) is 21.0 Å². The summed E-state index contributed by atoms with van der Waals surface area (Å²) in [6, 6.07) is 8.25. The number of rotatable bonds is 16. The van der Waals surface area contributed by atoms with E-state index in [4.69, 9.17) is 4.84 Å². The second-order valence-electron chi connectivity index (χ2n) is 24.9. The number of nitrogens with zero attached hydrogens (tertiary/aromatic N) is 3. The lowest BCUT2D eigenvalue weighted by Crippen LogP contribution is -2.47. The first-order chi connectivity index (χ1) is 44.9. The third kappa shape index (κ3) is 17.9. The number of benzene rings is 4. The number of fused-ring (bicyclic) bond motifs is 9. The molecule has 5 amide bonds. The molecule has 4 aliphatic heterocycles. The maximum absolute atomic E-state index is 13.7. The summed E-state index contributed by atoms with van der Waals surface area (Å²) in [5.74, 6) is -3.76. The number of allylic oxidation sites excluding steroid dienone is 6. The number of imide groups is 1. The Labute approximate surface area is 557 Å². The molecule has 1 fully saturated rings. The van der Waals surface area contributed by atoms with Crippen molar-refractivity contribution in [1.29, 1.82) is 0 Å². The van der Waals surface area contributed by atoms with Crippen LogP contribution in [0, 0.1) is 0 Å². The summed E-state index contributed by atoms with van der Waals surface area (Å²) in [4.78, 5) is 79.8. The molecule has 2 atom stereocenters. The first-order valence-electron chi connectivity index (χ1n) is 31.4. The van der Waals surface area contributed by atoms with Crippen LogP contribution in [0.5, 0.6) is 0 Å². The predicted molar refractivity (Wildman–Crippen MR) is 349 cm³/mol. The van der Waals surface area contributed by atoms with Crippen molar-refractivity contribution in [3.63, 3.8) is 0 Å². The van der Waals surface area contributed by atoms with Crippen LogP contribution in [0.3, 0.4) is 0 Å². The van der Waals surface area contributed by atoms with Crippen molar-refractivity contribution in [3.05, 3.63) is 95.7 Å². The van der Waals surface area contributed by atoms with Crippen LogP contribution in [0.25, 0.3) is 21.5 Å². The zero-order valence-electron chi connectivity index (χ0n) is 53.1. The minimum Gasteiger partial charge on any atom is -0.744 e. The molecule has 0 bridgehead atoms. The van der Waals surface area contributed by atoms with E-state index in [0.717, 1.165) is 12.1 Å². The average Bonchev–Trinajstić information content (AvgIpc) is 1.53. The minimum absolute atomic E-state index is 0.00370. The first kappa shape index (κ1) is 74.5. The second-order valence-corrected chi connectivity index (χ2v) is 32.1. The van der Waals surface area contributed by atoms with Crippen molar-refractivity contribution < 1.29 is 103 Å². The largest absolute Gasteiger partial charge is 0.744 e. The molecule has 1 saturated heterocycles. The molecule has 4 aromatic rings. The zero-order chi connectivity index (χ0) is 70.3. The molecule has 2 unspecified atom stereocenters. The molecule has 4 aromatic carbocycles. The summed E-state index contributed by atoms with van der Waals surface area (Å²) in [6.45, 7) is 5.97. The molecule has 33 heteroatoms. The number of nitrogens with one attached hydrogen (secondary N) is 3. The van der Waals surface area contributed by atoms with Gasteiger partial charge in [0.2, 0.25) is 23.4 Å². The Bertz CT molecular complexity index is 4490. The number of anilines is 1. The fraction of sp³-hybridized carbons (Fsp3) is 0.476. The fourth-order valence-electron chi connectivity index (χ4n) is 13.1. The molecule has 4 heterocycles. The molecule has 522 valence electrons. The van der Waals surface area contributed by atoms with Crippen LogP contribution in [-0.2, 0) is 95.0 Å². The van der Waals surface area contributed by atoms with Gasteiger partial charge in [-0.1, -0.05) is 43.6 Å². The van der Waals surface area contributed by atoms with Gasteiger partial charge in [0.25, 0.3) is 52.3 Å². The summed E-state index contributed by atoms with van der Waals surface area (Å²) in [6.07, 6.45) is 13.1. The van der Waals surface area contributed by atoms with Gasteiger partial charge < -0.3 is 30.2 Å². The highest BCUT2D eigenvalue weighted by Gasteiger charge is 2.47. The number of hydrogen-bond acceptors (Lipinski definition) is 19. The van der Waals surface area contributed by atoms with E-state index in [0.29, 0.717) is 122 Å². The van der Waals surface area contributed by atoms with Crippen LogP contribution >= 0.6 is 0 Å². The highest BCUT2D eigenvalue weighted by atomic mass is 32.2. The third-order valence-corrected chi connectivity index (χ3v) is 21.9. The van der Waals surface area contributed by atoms with Gasteiger partial charge in [-0.15, -0.1) is 5.06 Å². The van der Waals surface area contributed by atoms with Crippen molar-refractivity contribution in [2.45, 2.75) is 179 Å². The van der Waals surface area contributed by atoms with Crippen molar-refractivity contribution in [2.24, 2.45) is 0 Å². The van der Waals surface area contributed by atoms with Gasteiger partial charge in [-0.2, -0.15) is 38.2 Å². The van der Waals surface area contributed by atoms with E-state index in [-0.39, 0.29) is 105 Å². The maximum Gasteiger partial charge on any atom is 0.333 e. The molecular formula is C63H78N6O22S5. The molecule has 0 aromatic heterocycles. The van der Waals surface area contributed by atoms with E-state index >= 15 is 0 Å². The number of amides is 5. The van der Waals surface area contributed by atoms with Gasteiger partial charge in [0.05, 0.1) is 21.0 Å². The predicted octanol–water partition coefficient (Wildman–Crippen LogP) is 6.65. The van der Waals surface area contributed by atoms with Gasteiger partial charge in [-0.05, 0) is 144 Å². The zero-order valence-corrected chi connectivity index (χ0v) is 57.2. The smallest absolute Gasteiger partial charge is 0.333 e. The Morgan fingerprint density at radius 2 is 1.29 bits per heavy atom. The molecule has 7 N–H and O–H groups in total. The normalized spacial score (nSPS) is 21.4. The third-order valence-electron chi connectivity index (χ3n) is 17.6. The molecule has 96 heavy (non-hydrogen) atoms. The average molecular weight is 1430 g/mol. The monoisotopic (exact) mass is 1430 g/mol. The van der Waals surface area contributed by atoms with Crippen molar-refractivity contribution in [3.8, 4) is 0 Å². The van der Waals surface area contributed by atoms with Crippen LogP contribution in [-0.4, -0.2) is 154 Å². The summed E-state index contributed by atoms with van der Waals surface area (Å²) in [5, 5.41) is 8.93. The highest BCUT2D eigenvalue weighted by Crippen LogP contribution is 2.55. The van der Waals surface area contributed by atoms with Gasteiger partial charge in [0.1, 0.15) is 32.5 Å².